The lowest BCUT2D eigenvalue weighted by molar-refractivity contribution is -0.147. The quantitative estimate of drug-likeness (QED) is 0.615. The van der Waals surface area contributed by atoms with Crippen LogP contribution in [0.4, 0.5) is 19.1 Å². The van der Waals surface area contributed by atoms with Crippen molar-refractivity contribution in [2.45, 2.75) is 37.8 Å². The normalized spacial score (nSPS) is 24.6. The Kier molecular flexibility index (Phi) is 7.13. The summed E-state index contributed by atoms with van der Waals surface area (Å²) in [6, 6.07) is 0.904. The Balaban J connectivity index is 0.000000238. The van der Waals surface area contributed by atoms with E-state index in [2.05, 4.69) is 15.3 Å². The summed E-state index contributed by atoms with van der Waals surface area (Å²) >= 11 is 0. The number of ether oxygens (including phenoxy) is 1. The number of rotatable bonds is 2. The Morgan fingerprint density at radius 2 is 2.00 bits per heavy atom. The van der Waals surface area contributed by atoms with E-state index >= 15 is 0 Å². The molecule has 132 valence electrons. The van der Waals surface area contributed by atoms with E-state index in [4.69, 9.17) is 20.1 Å². The van der Waals surface area contributed by atoms with Crippen molar-refractivity contribution in [2.24, 2.45) is 0 Å². The van der Waals surface area contributed by atoms with Crippen LogP contribution < -0.4 is 5.32 Å². The second kappa shape index (κ2) is 8.39. The topological polar surface area (TPSA) is 108 Å². The Morgan fingerprint density at radius 3 is 2.48 bits per heavy atom. The van der Waals surface area contributed by atoms with Gasteiger partial charge >= 0.3 is 6.18 Å². The molecule has 7 nitrogen and oxygen atoms in total. The molecule has 4 N–H and O–H groups in total. The minimum Gasteiger partial charge on any atom is -0.394 e. The van der Waals surface area contributed by atoms with Crippen LogP contribution in [0.15, 0.2) is 6.07 Å². The molecule has 1 aromatic rings. The number of aryl methyl sites for hydroxylation is 1. The molecular formula is C13H20F3N3O4. The summed E-state index contributed by atoms with van der Waals surface area (Å²) in [5, 5.41) is 29.2. The fraction of sp³-hybridized carbons (Fsp3) is 0.692. The zero-order chi connectivity index (χ0) is 17.6. The zero-order valence-electron chi connectivity index (χ0n) is 12.7. The number of hydrogen-bond acceptors (Lipinski definition) is 7. The first-order valence-electron chi connectivity index (χ1n) is 6.88. The summed E-state index contributed by atoms with van der Waals surface area (Å²) < 4.78 is 41.4. The van der Waals surface area contributed by atoms with E-state index in [0.29, 0.717) is 13.0 Å². The third-order valence-corrected chi connectivity index (χ3v) is 3.07. The third-order valence-electron chi connectivity index (χ3n) is 3.07. The average Bonchev–Trinajstić information content (AvgIpc) is 2.49. The van der Waals surface area contributed by atoms with Crippen LogP contribution in [0.2, 0.25) is 0 Å². The van der Waals surface area contributed by atoms with Crippen LogP contribution in [0, 0.1) is 6.92 Å². The molecular weight excluding hydrogens is 319 g/mol. The summed E-state index contributed by atoms with van der Waals surface area (Å²) in [7, 11) is 1.47. The maximum atomic E-state index is 12.2. The highest BCUT2D eigenvalue weighted by Gasteiger charge is 2.33. The van der Waals surface area contributed by atoms with Crippen LogP contribution in [0.1, 0.15) is 17.8 Å². The SMILES string of the molecule is CNc1nc(C)cc(C(F)(F)F)n1.OCC1OCCC(O)C1O. The highest BCUT2D eigenvalue weighted by Crippen LogP contribution is 2.28. The van der Waals surface area contributed by atoms with E-state index in [1.807, 2.05) is 0 Å². The van der Waals surface area contributed by atoms with Gasteiger partial charge in [-0.25, -0.2) is 9.97 Å². The minimum atomic E-state index is -4.42. The Bertz CT molecular complexity index is 502. The summed E-state index contributed by atoms with van der Waals surface area (Å²) in [5.74, 6) is -0.0210. The fourth-order valence-corrected chi connectivity index (χ4v) is 1.84. The van der Waals surface area contributed by atoms with Gasteiger partial charge in [-0.15, -0.1) is 0 Å². The average molecular weight is 339 g/mol. The second-order valence-corrected chi connectivity index (χ2v) is 4.90. The molecule has 0 bridgehead atoms. The molecule has 0 saturated carbocycles. The molecule has 2 rings (SSSR count). The van der Waals surface area contributed by atoms with Gasteiger partial charge in [0.1, 0.15) is 17.9 Å². The number of hydrogen-bond donors (Lipinski definition) is 4. The van der Waals surface area contributed by atoms with Gasteiger partial charge in [0.15, 0.2) is 0 Å². The first kappa shape index (κ1) is 19.6. The van der Waals surface area contributed by atoms with Crippen molar-refractivity contribution in [1.29, 1.82) is 0 Å². The summed E-state index contributed by atoms with van der Waals surface area (Å²) in [4.78, 5) is 7.02. The van der Waals surface area contributed by atoms with Gasteiger partial charge in [-0.2, -0.15) is 13.2 Å². The second-order valence-electron chi connectivity index (χ2n) is 4.90. The van der Waals surface area contributed by atoms with Gasteiger partial charge < -0.3 is 25.4 Å². The van der Waals surface area contributed by atoms with Gasteiger partial charge in [0.2, 0.25) is 5.95 Å². The Hall–Kier alpha value is -1.49. The molecule has 1 aliphatic rings. The fourth-order valence-electron chi connectivity index (χ4n) is 1.84. The van der Waals surface area contributed by atoms with Crippen molar-refractivity contribution in [1.82, 2.24) is 9.97 Å². The molecule has 1 aliphatic heterocycles. The summed E-state index contributed by atoms with van der Waals surface area (Å²) in [6.07, 6.45) is -6.26. The summed E-state index contributed by atoms with van der Waals surface area (Å²) in [6.45, 7) is 1.65. The maximum absolute atomic E-state index is 12.2. The predicted octanol–water partition coefficient (Wildman–Crippen LogP) is 0.335. The van der Waals surface area contributed by atoms with Crippen LogP contribution >= 0.6 is 0 Å². The molecule has 0 spiro atoms. The molecule has 1 aromatic heterocycles. The van der Waals surface area contributed by atoms with Gasteiger partial charge in [-0.1, -0.05) is 0 Å². The van der Waals surface area contributed by atoms with Gasteiger partial charge in [-0.05, 0) is 19.4 Å². The van der Waals surface area contributed by atoms with Crippen LogP contribution in [-0.4, -0.2) is 63.9 Å². The molecule has 0 aromatic carbocycles. The lowest BCUT2D eigenvalue weighted by Gasteiger charge is -2.30. The highest BCUT2D eigenvalue weighted by atomic mass is 19.4. The maximum Gasteiger partial charge on any atom is 0.433 e. The van der Waals surface area contributed by atoms with Crippen molar-refractivity contribution < 1.29 is 33.2 Å². The largest absolute Gasteiger partial charge is 0.433 e. The van der Waals surface area contributed by atoms with E-state index in [0.717, 1.165) is 6.07 Å². The zero-order valence-corrected chi connectivity index (χ0v) is 12.7. The predicted molar refractivity (Wildman–Crippen MR) is 74.8 cm³/mol. The van der Waals surface area contributed by atoms with E-state index in [1.165, 1.54) is 14.0 Å². The van der Waals surface area contributed by atoms with E-state index in [-0.39, 0.29) is 18.2 Å². The number of alkyl halides is 3. The van der Waals surface area contributed by atoms with Crippen molar-refractivity contribution >= 4 is 5.95 Å². The lowest BCUT2D eigenvalue weighted by Crippen LogP contribution is -2.46. The standard InChI is InChI=1S/C7H8F3N3.C6H12O4/c1-4-3-5(7(8,9)10)13-6(11-2)12-4;7-3-5-6(9)4(8)1-2-10-5/h3H,1-2H3,(H,11,12,13);4-9H,1-3H2. The molecule has 3 unspecified atom stereocenters. The van der Waals surface area contributed by atoms with Crippen LogP contribution in [-0.2, 0) is 10.9 Å². The number of aliphatic hydroxyl groups excluding tert-OH is 3. The van der Waals surface area contributed by atoms with E-state index in [9.17, 15) is 13.2 Å². The molecule has 10 heteroatoms. The highest BCUT2D eigenvalue weighted by molar-refractivity contribution is 5.27. The van der Waals surface area contributed by atoms with Crippen LogP contribution in [0.5, 0.6) is 0 Å². The van der Waals surface area contributed by atoms with Gasteiger partial charge in [0, 0.05) is 19.3 Å². The smallest absolute Gasteiger partial charge is 0.394 e. The van der Waals surface area contributed by atoms with Crippen LogP contribution in [0.3, 0.4) is 0 Å². The monoisotopic (exact) mass is 339 g/mol. The summed E-state index contributed by atoms with van der Waals surface area (Å²) in [5.41, 5.74) is -0.643. The van der Waals surface area contributed by atoms with Crippen LogP contribution in [0.25, 0.3) is 0 Å². The molecule has 1 fully saturated rings. The number of aromatic nitrogens is 2. The Labute approximate surface area is 131 Å². The van der Waals surface area contributed by atoms with Crippen molar-refractivity contribution in [2.75, 3.05) is 25.6 Å². The Morgan fingerprint density at radius 1 is 1.35 bits per heavy atom. The number of anilines is 1. The molecule has 0 aliphatic carbocycles. The molecule has 23 heavy (non-hydrogen) atoms. The van der Waals surface area contributed by atoms with Gasteiger partial charge in [0.25, 0.3) is 0 Å². The number of nitrogens with one attached hydrogen (secondary N) is 1. The van der Waals surface area contributed by atoms with Crippen molar-refractivity contribution in [3.63, 3.8) is 0 Å². The van der Waals surface area contributed by atoms with Gasteiger partial charge in [0.05, 0.1) is 12.7 Å². The van der Waals surface area contributed by atoms with E-state index in [1.54, 1.807) is 0 Å². The molecule has 1 saturated heterocycles. The number of halogens is 3. The molecule has 0 radical (unpaired) electrons. The van der Waals surface area contributed by atoms with Gasteiger partial charge in [-0.3, -0.25) is 0 Å². The first-order chi connectivity index (χ1) is 10.7. The molecule has 2 heterocycles. The molecule has 0 amide bonds. The van der Waals surface area contributed by atoms with E-state index < -0.39 is 30.2 Å². The van der Waals surface area contributed by atoms with Crippen molar-refractivity contribution in [3.8, 4) is 0 Å². The first-order valence-corrected chi connectivity index (χ1v) is 6.88. The third kappa shape index (κ3) is 5.90. The minimum absolute atomic E-state index is 0.0210. The number of nitrogens with zero attached hydrogens (tertiary/aromatic N) is 2. The number of aliphatic hydroxyl groups is 3. The van der Waals surface area contributed by atoms with Crippen molar-refractivity contribution in [3.05, 3.63) is 17.5 Å². The molecule has 3 atom stereocenters. The lowest BCUT2D eigenvalue weighted by atomic mass is 10.0.